The van der Waals surface area contributed by atoms with Crippen LogP contribution < -0.4 is 0 Å². The monoisotopic (exact) mass is 367 g/mol. The Bertz CT molecular complexity index is 772. The van der Waals surface area contributed by atoms with Crippen molar-refractivity contribution in [2.24, 2.45) is 0 Å². The molecular weight excluding hydrogens is 342 g/mol. The molecule has 1 aliphatic rings. The molecule has 2 rings (SSSR count). The first-order valence-corrected chi connectivity index (χ1v) is 10.3. The van der Waals surface area contributed by atoms with Crippen LogP contribution in [0, 0.1) is 13.8 Å². The maximum absolute atomic E-state index is 12.6. The van der Waals surface area contributed by atoms with Gasteiger partial charge in [0.05, 0.1) is 17.1 Å². The number of hydrogen-bond donors (Lipinski definition) is 0. The maximum atomic E-state index is 12.6. The predicted octanol–water partition coefficient (Wildman–Crippen LogP) is 1.88. The summed E-state index contributed by atoms with van der Waals surface area (Å²) in [4.78, 5) is 26.5. The summed E-state index contributed by atoms with van der Waals surface area (Å²) in [6.07, 6.45) is -0.532. The summed E-state index contributed by atoms with van der Waals surface area (Å²) in [5.74, 6) is -0.831. The van der Waals surface area contributed by atoms with Crippen molar-refractivity contribution in [1.82, 2.24) is 4.90 Å². The van der Waals surface area contributed by atoms with Crippen LogP contribution in [0.4, 0.5) is 0 Å². The molecule has 7 heteroatoms. The fourth-order valence-electron chi connectivity index (χ4n) is 3.08. The minimum Gasteiger partial charge on any atom is -0.449 e. The number of carbonyl (C=O) groups is 2. The molecule has 1 heterocycles. The number of benzene rings is 1. The molecule has 0 saturated carbocycles. The summed E-state index contributed by atoms with van der Waals surface area (Å²) in [7, 11) is -3.09. The van der Waals surface area contributed by atoms with Gasteiger partial charge < -0.3 is 9.64 Å². The van der Waals surface area contributed by atoms with Gasteiger partial charge in [-0.05, 0) is 45.7 Å². The summed E-state index contributed by atoms with van der Waals surface area (Å²) >= 11 is 0. The Morgan fingerprint density at radius 1 is 1.32 bits per heavy atom. The van der Waals surface area contributed by atoms with E-state index in [0.29, 0.717) is 18.5 Å². The van der Waals surface area contributed by atoms with E-state index in [9.17, 15) is 18.0 Å². The van der Waals surface area contributed by atoms with Crippen LogP contribution in [0.25, 0.3) is 0 Å². The number of esters is 1. The molecule has 1 fully saturated rings. The fraction of sp³-hybridized carbons (Fsp3) is 0.556. The van der Waals surface area contributed by atoms with Gasteiger partial charge in [0.2, 0.25) is 0 Å². The van der Waals surface area contributed by atoms with Crippen LogP contribution in [-0.2, 0) is 19.4 Å². The number of likely N-dealkylation sites (N-methyl/N-ethyl adjacent to an activating group) is 1. The molecule has 1 amide bonds. The van der Waals surface area contributed by atoms with Crippen molar-refractivity contribution in [2.45, 2.75) is 46.3 Å². The summed E-state index contributed by atoms with van der Waals surface area (Å²) in [6.45, 7) is 7.39. The molecule has 0 unspecified atom stereocenters. The fourth-order valence-corrected chi connectivity index (χ4v) is 4.81. The van der Waals surface area contributed by atoms with Crippen LogP contribution in [0.15, 0.2) is 18.2 Å². The van der Waals surface area contributed by atoms with Crippen LogP contribution in [0.5, 0.6) is 0 Å². The summed E-state index contributed by atoms with van der Waals surface area (Å²) in [6, 6.07) is 5.13. The van der Waals surface area contributed by atoms with Crippen molar-refractivity contribution in [3.05, 3.63) is 34.9 Å². The van der Waals surface area contributed by atoms with Crippen LogP contribution in [0.3, 0.4) is 0 Å². The topological polar surface area (TPSA) is 80.8 Å². The third kappa shape index (κ3) is 4.60. The van der Waals surface area contributed by atoms with E-state index in [-0.39, 0.29) is 23.5 Å². The third-order valence-electron chi connectivity index (χ3n) is 4.52. The Balaban J connectivity index is 2.08. The van der Waals surface area contributed by atoms with Gasteiger partial charge >= 0.3 is 5.97 Å². The number of sulfone groups is 1. The Kier molecular flexibility index (Phi) is 5.87. The number of hydrogen-bond acceptors (Lipinski definition) is 5. The highest BCUT2D eigenvalue weighted by atomic mass is 32.2. The highest BCUT2D eigenvalue weighted by Crippen LogP contribution is 2.20. The van der Waals surface area contributed by atoms with Gasteiger partial charge in [-0.2, -0.15) is 0 Å². The quantitative estimate of drug-likeness (QED) is 0.743. The first kappa shape index (κ1) is 19.4. The molecule has 0 bridgehead atoms. The summed E-state index contributed by atoms with van der Waals surface area (Å²) in [5.41, 5.74) is 2.15. The largest absolute Gasteiger partial charge is 0.449 e. The lowest BCUT2D eigenvalue weighted by Gasteiger charge is -2.29. The Labute approximate surface area is 149 Å². The van der Waals surface area contributed by atoms with Gasteiger partial charge in [0.25, 0.3) is 5.91 Å². The van der Waals surface area contributed by atoms with Crippen molar-refractivity contribution >= 4 is 21.7 Å². The molecule has 0 radical (unpaired) electrons. The van der Waals surface area contributed by atoms with Crippen molar-refractivity contribution in [3.8, 4) is 0 Å². The summed E-state index contributed by atoms with van der Waals surface area (Å²) < 4.78 is 28.7. The van der Waals surface area contributed by atoms with Gasteiger partial charge in [-0.15, -0.1) is 0 Å². The molecule has 0 aromatic heterocycles. The second-order valence-corrected chi connectivity index (χ2v) is 8.78. The molecule has 0 aliphatic carbocycles. The van der Waals surface area contributed by atoms with Gasteiger partial charge in [-0.1, -0.05) is 17.7 Å². The van der Waals surface area contributed by atoms with Crippen LogP contribution in [0.2, 0.25) is 0 Å². The Morgan fingerprint density at radius 3 is 2.56 bits per heavy atom. The average molecular weight is 367 g/mol. The van der Waals surface area contributed by atoms with E-state index < -0.39 is 21.9 Å². The van der Waals surface area contributed by atoms with Crippen molar-refractivity contribution < 1.29 is 22.7 Å². The zero-order valence-corrected chi connectivity index (χ0v) is 15.9. The maximum Gasteiger partial charge on any atom is 0.339 e. The van der Waals surface area contributed by atoms with E-state index in [1.54, 1.807) is 13.0 Å². The van der Waals surface area contributed by atoms with E-state index in [0.717, 1.165) is 11.1 Å². The lowest BCUT2D eigenvalue weighted by molar-refractivity contribution is -0.141. The molecule has 1 aliphatic heterocycles. The number of ether oxygens (including phenoxy) is 1. The minimum atomic E-state index is -3.09. The zero-order chi connectivity index (χ0) is 18.8. The molecule has 1 aromatic rings. The molecule has 25 heavy (non-hydrogen) atoms. The second-order valence-electron chi connectivity index (χ2n) is 6.55. The molecule has 138 valence electrons. The smallest absolute Gasteiger partial charge is 0.339 e. The van der Waals surface area contributed by atoms with Crippen LogP contribution in [-0.4, -0.2) is 55.4 Å². The SMILES string of the molecule is CCN(C(=O)[C@@H](C)OC(=O)c1cc(C)ccc1C)[C@@H]1CCS(=O)(=O)C1. The first-order chi connectivity index (χ1) is 11.6. The Hall–Kier alpha value is -1.89. The van der Waals surface area contributed by atoms with E-state index >= 15 is 0 Å². The van der Waals surface area contributed by atoms with E-state index in [4.69, 9.17) is 4.74 Å². The predicted molar refractivity (Wildman–Crippen MR) is 95.2 cm³/mol. The number of nitrogens with zero attached hydrogens (tertiary/aromatic N) is 1. The highest BCUT2D eigenvalue weighted by Gasteiger charge is 2.36. The van der Waals surface area contributed by atoms with Gasteiger partial charge in [0, 0.05) is 12.6 Å². The molecule has 2 atom stereocenters. The zero-order valence-electron chi connectivity index (χ0n) is 15.1. The third-order valence-corrected chi connectivity index (χ3v) is 6.27. The first-order valence-electron chi connectivity index (χ1n) is 8.43. The van der Waals surface area contributed by atoms with Crippen LogP contribution >= 0.6 is 0 Å². The van der Waals surface area contributed by atoms with Gasteiger partial charge in [0.1, 0.15) is 0 Å². The van der Waals surface area contributed by atoms with E-state index in [1.807, 2.05) is 26.0 Å². The van der Waals surface area contributed by atoms with Crippen LogP contribution in [0.1, 0.15) is 41.8 Å². The number of rotatable bonds is 5. The molecular formula is C18H25NO5S. The molecule has 1 aromatic carbocycles. The molecule has 0 N–H and O–H groups in total. The normalized spacial score (nSPS) is 20.1. The van der Waals surface area contributed by atoms with E-state index in [2.05, 4.69) is 0 Å². The van der Waals surface area contributed by atoms with Gasteiger partial charge in [0.15, 0.2) is 15.9 Å². The van der Waals surface area contributed by atoms with Crippen molar-refractivity contribution in [3.63, 3.8) is 0 Å². The van der Waals surface area contributed by atoms with Gasteiger partial charge in [-0.3, -0.25) is 4.79 Å². The lowest BCUT2D eigenvalue weighted by Crippen LogP contribution is -2.46. The Morgan fingerprint density at radius 2 is 2.00 bits per heavy atom. The van der Waals surface area contributed by atoms with E-state index in [1.165, 1.54) is 11.8 Å². The van der Waals surface area contributed by atoms with Crippen molar-refractivity contribution in [2.75, 3.05) is 18.1 Å². The second kappa shape index (κ2) is 7.56. The lowest BCUT2D eigenvalue weighted by atomic mass is 10.1. The molecule has 6 nitrogen and oxygen atoms in total. The van der Waals surface area contributed by atoms with Crippen molar-refractivity contribution in [1.29, 1.82) is 0 Å². The number of aryl methyl sites for hydroxylation is 2. The average Bonchev–Trinajstić information content (AvgIpc) is 2.89. The number of amides is 1. The molecule has 0 spiro atoms. The number of carbonyl (C=O) groups excluding carboxylic acids is 2. The standard InChI is InChI=1S/C18H25NO5S/c1-5-19(15-8-9-25(22,23)11-15)17(20)14(4)24-18(21)16-10-12(2)6-7-13(16)3/h6-7,10,14-15H,5,8-9,11H2,1-4H3/t14-,15-/m1/s1. The summed E-state index contributed by atoms with van der Waals surface area (Å²) in [5, 5.41) is 0. The highest BCUT2D eigenvalue weighted by molar-refractivity contribution is 7.91. The molecule has 1 saturated heterocycles. The minimum absolute atomic E-state index is 0.0236. The van der Waals surface area contributed by atoms with Gasteiger partial charge in [-0.25, -0.2) is 13.2 Å².